The van der Waals surface area contributed by atoms with Gasteiger partial charge in [-0.1, -0.05) is 30.3 Å². The third-order valence-electron chi connectivity index (χ3n) is 4.86. The number of fused-ring (bicyclic) bond motifs is 1. The topological polar surface area (TPSA) is 102 Å². The summed E-state index contributed by atoms with van der Waals surface area (Å²) in [6.45, 7) is 0. The largest absolute Gasteiger partial charge is 0.459 e. The van der Waals surface area contributed by atoms with Crippen molar-refractivity contribution in [2.45, 2.75) is 0 Å². The van der Waals surface area contributed by atoms with E-state index in [-0.39, 0.29) is 17.6 Å². The molecule has 32 heavy (non-hydrogen) atoms. The number of hydrogen-bond acceptors (Lipinski definition) is 5. The molecule has 2 N–H and O–H groups in total. The molecule has 2 aromatic carbocycles. The number of carbonyl (C=O) groups is 2. The number of anilines is 2. The van der Waals surface area contributed by atoms with Crippen molar-refractivity contribution in [1.29, 1.82) is 0 Å². The van der Waals surface area contributed by atoms with E-state index in [2.05, 4.69) is 20.7 Å². The Morgan fingerprint density at radius 1 is 0.812 bits per heavy atom. The smallest absolute Gasteiger partial charge is 0.291 e. The molecule has 2 amide bonds. The van der Waals surface area contributed by atoms with Crippen molar-refractivity contribution < 1.29 is 14.0 Å². The molecule has 0 unspecified atom stereocenters. The maximum atomic E-state index is 12.9. The van der Waals surface area contributed by atoms with Crippen molar-refractivity contribution in [2.24, 2.45) is 0 Å². The van der Waals surface area contributed by atoms with Crippen molar-refractivity contribution in [2.75, 3.05) is 10.6 Å². The second kappa shape index (κ2) is 8.19. The average Bonchev–Trinajstić information content (AvgIpc) is 3.51. The van der Waals surface area contributed by atoms with Crippen molar-refractivity contribution in [1.82, 2.24) is 14.6 Å². The zero-order valence-electron chi connectivity index (χ0n) is 16.7. The predicted molar refractivity (Wildman–Crippen MR) is 119 cm³/mol. The van der Waals surface area contributed by atoms with Crippen molar-refractivity contribution in [3.63, 3.8) is 0 Å². The van der Waals surface area contributed by atoms with Crippen molar-refractivity contribution in [3.05, 3.63) is 103 Å². The SMILES string of the molecule is O=C(Nc1ccc(NC(=O)c2cnn3c(-c4ccccc4)ccnc23)cc1)c1ccco1. The van der Waals surface area contributed by atoms with Crippen LogP contribution in [0.15, 0.2) is 95.9 Å². The van der Waals surface area contributed by atoms with Gasteiger partial charge in [0, 0.05) is 23.1 Å². The van der Waals surface area contributed by atoms with Crippen LogP contribution in [0.1, 0.15) is 20.9 Å². The van der Waals surface area contributed by atoms with Gasteiger partial charge in [-0.05, 0) is 42.5 Å². The Labute approximate surface area is 182 Å². The van der Waals surface area contributed by atoms with Crippen LogP contribution in [-0.4, -0.2) is 26.4 Å². The summed E-state index contributed by atoms with van der Waals surface area (Å²) in [7, 11) is 0. The molecule has 8 nitrogen and oxygen atoms in total. The molecule has 0 fully saturated rings. The number of rotatable bonds is 5. The van der Waals surface area contributed by atoms with E-state index in [9.17, 15) is 9.59 Å². The molecule has 0 saturated carbocycles. The van der Waals surface area contributed by atoms with E-state index in [1.165, 1.54) is 12.5 Å². The first-order chi connectivity index (χ1) is 15.7. The number of hydrogen-bond donors (Lipinski definition) is 2. The number of furan rings is 1. The van der Waals surface area contributed by atoms with E-state index in [0.29, 0.717) is 22.6 Å². The van der Waals surface area contributed by atoms with Crippen LogP contribution in [0.3, 0.4) is 0 Å². The summed E-state index contributed by atoms with van der Waals surface area (Å²) in [6, 6.07) is 21.6. The van der Waals surface area contributed by atoms with E-state index in [1.54, 1.807) is 47.1 Å². The van der Waals surface area contributed by atoms with E-state index < -0.39 is 0 Å². The number of nitrogens with zero attached hydrogens (tertiary/aromatic N) is 3. The minimum absolute atomic E-state index is 0.220. The minimum Gasteiger partial charge on any atom is -0.459 e. The lowest BCUT2D eigenvalue weighted by Crippen LogP contribution is -2.13. The number of nitrogens with one attached hydrogen (secondary N) is 2. The van der Waals surface area contributed by atoms with Crippen LogP contribution in [-0.2, 0) is 0 Å². The maximum absolute atomic E-state index is 12.9. The predicted octanol–water partition coefficient (Wildman–Crippen LogP) is 4.49. The fourth-order valence-electron chi connectivity index (χ4n) is 3.31. The molecule has 3 heterocycles. The van der Waals surface area contributed by atoms with Gasteiger partial charge in [0.2, 0.25) is 0 Å². The van der Waals surface area contributed by atoms with E-state index >= 15 is 0 Å². The summed E-state index contributed by atoms with van der Waals surface area (Å²) in [4.78, 5) is 29.3. The summed E-state index contributed by atoms with van der Waals surface area (Å²) >= 11 is 0. The Morgan fingerprint density at radius 3 is 2.22 bits per heavy atom. The highest BCUT2D eigenvalue weighted by Gasteiger charge is 2.16. The lowest BCUT2D eigenvalue weighted by molar-refractivity contribution is 0.0994. The normalized spacial score (nSPS) is 10.8. The highest BCUT2D eigenvalue weighted by Crippen LogP contribution is 2.22. The van der Waals surface area contributed by atoms with Crippen LogP contribution in [0.2, 0.25) is 0 Å². The third-order valence-corrected chi connectivity index (χ3v) is 4.86. The Morgan fingerprint density at radius 2 is 1.53 bits per heavy atom. The highest BCUT2D eigenvalue weighted by atomic mass is 16.3. The van der Waals surface area contributed by atoms with Crippen LogP contribution >= 0.6 is 0 Å². The molecule has 0 atom stereocenters. The molecule has 0 aliphatic heterocycles. The van der Waals surface area contributed by atoms with E-state index in [0.717, 1.165) is 11.3 Å². The number of carbonyl (C=O) groups excluding carboxylic acids is 2. The van der Waals surface area contributed by atoms with Gasteiger partial charge in [-0.25, -0.2) is 9.50 Å². The first-order valence-corrected chi connectivity index (χ1v) is 9.83. The van der Waals surface area contributed by atoms with Gasteiger partial charge in [0.25, 0.3) is 11.8 Å². The highest BCUT2D eigenvalue weighted by molar-refractivity contribution is 6.08. The molecule has 0 aliphatic carbocycles. The summed E-state index contributed by atoms with van der Waals surface area (Å²) in [6.07, 6.45) is 4.60. The van der Waals surface area contributed by atoms with Gasteiger partial charge in [0.1, 0.15) is 5.56 Å². The number of aromatic nitrogens is 3. The molecule has 0 spiro atoms. The van der Waals surface area contributed by atoms with Crippen LogP contribution in [0.4, 0.5) is 11.4 Å². The minimum atomic E-state index is -0.349. The maximum Gasteiger partial charge on any atom is 0.291 e. The zero-order chi connectivity index (χ0) is 21.9. The fraction of sp³-hybridized carbons (Fsp3) is 0. The van der Waals surface area contributed by atoms with Crippen molar-refractivity contribution >= 4 is 28.8 Å². The lowest BCUT2D eigenvalue weighted by atomic mass is 10.1. The Balaban J connectivity index is 1.33. The molecular formula is C24H17N5O3. The van der Waals surface area contributed by atoms with Crippen molar-refractivity contribution in [3.8, 4) is 11.3 Å². The molecule has 8 heteroatoms. The molecule has 5 rings (SSSR count). The molecular weight excluding hydrogens is 406 g/mol. The van der Waals surface area contributed by atoms with E-state index in [1.807, 2.05) is 36.4 Å². The number of amides is 2. The van der Waals surface area contributed by atoms with E-state index in [4.69, 9.17) is 4.42 Å². The zero-order valence-corrected chi connectivity index (χ0v) is 16.7. The quantitative estimate of drug-likeness (QED) is 0.434. The Kier molecular flexibility index (Phi) is 4.93. The van der Waals surface area contributed by atoms with Crippen LogP contribution in [0, 0.1) is 0 Å². The average molecular weight is 423 g/mol. The standard InChI is InChI=1S/C24H17N5O3/c30-23(27-17-8-10-18(11-9-17)28-24(31)21-7-4-14-32-21)19-15-26-29-20(12-13-25-22(19)29)16-5-2-1-3-6-16/h1-15H,(H,27,30)(H,28,31). The van der Waals surface area contributed by atoms with Gasteiger partial charge in [-0.15, -0.1) is 0 Å². The Bertz CT molecular complexity index is 1390. The van der Waals surface area contributed by atoms with Crippen LogP contribution in [0.25, 0.3) is 16.9 Å². The van der Waals surface area contributed by atoms with Crippen LogP contribution in [0.5, 0.6) is 0 Å². The summed E-state index contributed by atoms with van der Waals surface area (Å²) < 4.78 is 6.72. The molecule has 156 valence electrons. The summed E-state index contributed by atoms with van der Waals surface area (Å²) in [5.74, 6) is -0.457. The van der Waals surface area contributed by atoms with Gasteiger partial charge in [-0.3, -0.25) is 9.59 Å². The number of benzene rings is 2. The summed E-state index contributed by atoms with van der Waals surface area (Å²) in [5.41, 5.74) is 3.79. The van der Waals surface area contributed by atoms with Gasteiger partial charge in [-0.2, -0.15) is 5.10 Å². The third kappa shape index (κ3) is 3.72. The molecule has 0 radical (unpaired) electrons. The molecule has 3 aromatic heterocycles. The molecule has 5 aromatic rings. The molecule has 0 bridgehead atoms. The van der Waals surface area contributed by atoms with Crippen LogP contribution < -0.4 is 10.6 Å². The monoisotopic (exact) mass is 423 g/mol. The Hall–Kier alpha value is -4.72. The van der Waals surface area contributed by atoms with Gasteiger partial charge in [0.15, 0.2) is 11.4 Å². The second-order valence-corrected chi connectivity index (χ2v) is 6.95. The first kappa shape index (κ1) is 19.3. The van der Waals surface area contributed by atoms with Gasteiger partial charge in [0.05, 0.1) is 18.2 Å². The summed E-state index contributed by atoms with van der Waals surface area (Å²) in [5, 5.41) is 9.94. The van der Waals surface area contributed by atoms with Gasteiger partial charge >= 0.3 is 0 Å². The lowest BCUT2D eigenvalue weighted by Gasteiger charge is -2.07. The molecule has 0 saturated heterocycles. The second-order valence-electron chi connectivity index (χ2n) is 6.95. The molecule has 0 aliphatic rings. The first-order valence-electron chi connectivity index (χ1n) is 9.83. The van der Waals surface area contributed by atoms with Gasteiger partial charge < -0.3 is 15.1 Å². The fourth-order valence-corrected chi connectivity index (χ4v) is 3.31.